The summed E-state index contributed by atoms with van der Waals surface area (Å²) in [5.41, 5.74) is 3.29. The minimum Gasteiger partial charge on any atom is -0.497 e. The molecule has 2 aromatic rings. The van der Waals surface area contributed by atoms with E-state index in [-0.39, 0.29) is 6.10 Å². The van der Waals surface area contributed by atoms with Gasteiger partial charge in [-0.05, 0) is 29.8 Å². The fourth-order valence-electron chi connectivity index (χ4n) is 2.76. The quantitative estimate of drug-likeness (QED) is 0.919. The largest absolute Gasteiger partial charge is 0.497 e. The fourth-order valence-corrected chi connectivity index (χ4v) is 2.76. The van der Waals surface area contributed by atoms with Gasteiger partial charge in [0.1, 0.15) is 11.9 Å². The van der Waals surface area contributed by atoms with Gasteiger partial charge in [0.05, 0.1) is 31.3 Å². The molecule has 5 nitrogen and oxygen atoms in total. The molecule has 0 spiro atoms. The van der Waals surface area contributed by atoms with E-state index in [1.807, 2.05) is 37.5 Å². The van der Waals surface area contributed by atoms with Crippen molar-refractivity contribution in [3.63, 3.8) is 0 Å². The number of morpholine rings is 1. The monoisotopic (exact) mass is 313 g/mol. The Morgan fingerprint density at radius 1 is 1.26 bits per heavy atom. The number of nitrogens with one attached hydrogen (secondary N) is 1. The third-order valence-electron chi connectivity index (χ3n) is 4.12. The number of methoxy groups -OCH3 is 1. The summed E-state index contributed by atoms with van der Waals surface area (Å²) in [4.78, 5) is 6.91. The van der Waals surface area contributed by atoms with Crippen LogP contribution in [0.15, 0.2) is 42.6 Å². The average molecular weight is 313 g/mol. The van der Waals surface area contributed by atoms with E-state index in [1.165, 1.54) is 5.56 Å². The van der Waals surface area contributed by atoms with Crippen molar-refractivity contribution in [3.8, 4) is 5.75 Å². The lowest BCUT2D eigenvalue weighted by molar-refractivity contribution is -0.0349. The number of nitrogens with zero attached hydrogens (tertiary/aromatic N) is 2. The van der Waals surface area contributed by atoms with E-state index in [4.69, 9.17) is 9.47 Å². The van der Waals surface area contributed by atoms with Crippen LogP contribution in [0.1, 0.15) is 17.4 Å². The molecule has 1 fully saturated rings. The van der Waals surface area contributed by atoms with E-state index >= 15 is 0 Å². The highest BCUT2D eigenvalue weighted by atomic mass is 16.5. The van der Waals surface area contributed by atoms with Crippen molar-refractivity contribution < 1.29 is 9.47 Å². The lowest BCUT2D eigenvalue weighted by Crippen LogP contribution is -2.38. The van der Waals surface area contributed by atoms with Crippen LogP contribution < -0.4 is 10.1 Å². The molecule has 2 heterocycles. The molecule has 5 heteroatoms. The van der Waals surface area contributed by atoms with Crippen molar-refractivity contribution in [2.45, 2.75) is 12.6 Å². The van der Waals surface area contributed by atoms with Crippen molar-refractivity contribution >= 4 is 5.69 Å². The molecule has 1 saturated heterocycles. The van der Waals surface area contributed by atoms with E-state index < -0.39 is 0 Å². The second-order valence-corrected chi connectivity index (χ2v) is 5.66. The molecule has 1 aliphatic rings. The standard InChI is InChI=1S/C18H23N3O2/c1-19-15-5-8-17(20-11-15)18-13-21(9-10-23-18)12-14-3-6-16(22-2)7-4-14/h3-8,11,18-19H,9-10,12-13H2,1-2H3/t18-/m1/s1. The van der Waals surface area contributed by atoms with Crippen LogP contribution >= 0.6 is 0 Å². The van der Waals surface area contributed by atoms with E-state index in [1.54, 1.807) is 7.11 Å². The zero-order valence-electron chi connectivity index (χ0n) is 13.7. The Labute approximate surface area is 137 Å². The minimum absolute atomic E-state index is 0.0351. The number of benzene rings is 1. The average Bonchev–Trinajstić information content (AvgIpc) is 2.63. The van der Waals surface area contributed by atoms with Gasteiger partial charge in [-0.3, -0.25) is 9.88 Å². The Bertz CT molecular complexity index is 613. The summed E-state index contributed by atoms with van der Waals surface area (Å²) in [5.74, 6) is 0.891. The smallest absolute Gasteiger partial charge is 0.118 e. The lowest BCUT2D eigenvalue weighted by atomic mass is 10.1. The third-order valence-corrected chi connectivity index (χ3v) is 4.12. The van der Waals surface area contributed by atoms with Crippen LogP contribution in [0.3, 0.4) is 0 Å². The van der Waals surface area contributed by atoms with Gasteiger partial charge in [-0.15, -0.1) is 0 Å². The Morgan fingerprint density at radius 3 is 2.74 bits per heavy atom. The van der Waals surface area contributed by atoms with E-state index in [9.17, 15) is 0 Å². The van der Waals surface area contributed by atoms with Crippen molar-refractivity contribution in [1.82, 2.24) is 9.88 Å². The molecule has 1 aliphatic heterocycles. The topological polar surface area (TPSA) is 46.6 Å². The maximum absolute atomic E-state index is 5.90. The fraction of sp³-hybridized carbons (Fsp3) is 0.389. The number of hydrogen-bond acceptors (Lipinski definition) is 5. The van der Waals surface area contributed by atoms with Crippen LogP contribution in [-0.4, -0.2) is 43.7 Å². The van der Waals surface area contributed by atoms with Crippen LogP contribution in [0.5, 0.6) is 5.75 Å². The first kappa shape index (κ1) is 15.8. The Hall–Kier alpha value is -2.11. The van der Waals surface area contributed by atoms with Gasteiger partial charge in [0.15, 0.2) is 0 Å². The predicted octanol–water partition coefficient (Wildman–Crippen LogP) is 2.71. The molecule has 3 rings (SSSR count). The predicted molar refractivity (Wildman–Crippen MR) is 90.7 cm³/mol. The van der Waals surface area contributed by atoms with Crippen LogP contribution in [0.4, 0.5) is 5.69 Å². The van der Waals surface area contributed by atoms with Gasteiger partial charge in [0.25, 0.3) is 0 Å². The van der Waals surface area contributed by atoms with Gasteiger partial charge in [-0.25, -0.2) is 0 Å². The first-order valence-corrected chi connectivity index (χ1v) is 7.89. The molecule has 0 amide bonds. The lowest BCUT2D eigenvalue weighted by Gasteiger charge is -2.32. The van der Waals surface area contributed by atoms with Crippen LogP contribution in [-0.2, 0) is 11.3 Å². The second-order valence-electron chi connectivity index (χ2n) is 5.66. The van der Waals surface area contributed by atoms with Gasteiger partial charge < -0.3 is 14.8 Å². The summed E-state index contributed by atoms with van der Waals surface area (Å²) in [6.07, 6.45) is 1.88. The summed E-state index contributed by atoms with van der Waals surface area (Å²) < 4.78 is 11.1. The molecular weight excluding hydrogens is 290 g/mol. The zero-order valence-corrected chi connectivity index (χ0v) is 13.7. The number of pyridine rings is 1. The highest BCUT2D eigenvalue weighted by molar-refractivity contribution is 5.40. The van der Waals surface area contributed by atoms with Crippen molar-refractivity contribution in [3.05, 3.63) is 53.9 Å². The summed E-state index contributed by atoms with van der Waals surface area (Å²) in [5, 5.41) is 3.08. The maximum atomic E-state index is 5.90. The van der Waals surface area contributed by atoms with Gasteiger partial charge in [0, 0.05) is 26.7 Å². The second kappa shape index (κ2) is 7.44. The van der Waals surface area contributed by atoms with Crippen LogP contribution in [0, 0.1) is 0 Å². The van der Waals surface area contributed by atoms with Crippen molar-refractivity contribution in [2.24, 2.45) is 0 Å². The first-order chi connectivity index (χ1) is 11.3. The highest BCUT2D eigenvalue weighted by Gasteiger charge is 2.23. The van der Waals surface area contributed by atoms with Crippen molar-refractivity contribution in [1.29, 1.82) is 0 Å². The molecule has 1 aromatic carbocycles. The molecule has 23 heavy (non-hydrogen) atoms. The molecule has 0 radical (unpaired) electrons. The molecule has 0 saturated carbocycles. The summed E-state index contributed by atoms with van der Waals surface area (Å²) >= 11 is 0. The maximum Gasteiger partial charge on any atom is 0.118 e. The summed E-state index contributed by atoms with van der Waals surface area (Å²) in [7, 11) is 3.58. The zero-order chi connectivity index (χ0) is 16.1. The highest BCUT2D eigenvalue weighted by Crippen LogP contribution is 2.23. The third kappa shape index (κ3) is 4.00. The van der Waals surface area contributed by atoms with E-state index in [0.717, 1.165) is 43.4 Å². The minimum atomic E-state index is 0.0351. The van der Waals surface area contributed by atoms with Crippen LogP contribution in [0.25, 0.3) is 0 Å². The Balaban J connectivity index is 1.62. The molecule has 0 unspecified atom stereocenters. The molecule has 0 aliphatic carbocycles. The molecule has 1 aromatic heterocycles. The number of aromatic nitrogens is 1. The number of anilines is 1. The summed E-state index contributed by atoms with van der Waals surface area (Å²) in [6, 6.07) is 12.3. The number of ether oxygens (including phenoxy) is 2. The number of rotatable bonds is 5. The van der Waals surface area contributed by atoms with Gasteiger partial charge >= 0.3 is 0 Å². The van der Waals surface area contributed by atoms with Crippen molar-refractivity contribution in [2.75, 3.05) is 39.2 Å². The molecule has 122 valence electrons. The van der Waals surface area contributed by atoms with Crippen LogP contribution in [0.2, 0.25) is 0 Å². The number of hydrogen-bond donors (Lipinski definition) is 1. The SMILES string of the molecule is CNc1ccc([C@H]2CN(Cc3ccc(OC)cc3)CCO2)nc1. The molecule has 1 atom stereocenters. The normalized spacial score (nSPS) is 18.6. The van der Waals surface area contributed by atoms with Gasteiger partial charge in [-0.2, -0.15) is 0 Å². The Morgan fingerprint density at radius 2 is 2.09 bits per heavy atom. The first-order valence-electron chi connectivity index (χ1n) is 7.89. The molecule has 1 N–H and O–H groups in total. The Kier molecular flexibility index (Phi) is 5.10. The van der Waals surface area contributed by atoms with E-state index in [2.05, 4.69) is 27.3 Å². The molecule has 0 bridgehead atoms. The van der Waals surface area contributed by atoms with E-state index in [0.29, 0.717) is 0 Å². The van der Waals surface area contributed by atoms with Gasteiger partial charge in [-0.1, -0.05) is 12.1 Å². The van der Waals surface area contributed by atoms with Gasteiger partial charge in [0.2, 0.25) is 0 Å². The molecular formula is C18H23N3O2. The summed E-state index contributed by atoms with van der Waals surface area (Å²) in [6.45, 7) is 3.45.